The van der Waals surface area contributed by atoms with Gasteiger partial charge in [-0.2, -0.15) is 0 Å². The number of para-hydroxylation sites is 1. The van der Waals surface area contributed by atoms with Gasteiger partial charge in [0.2, 0.25) is 5.91 Å². The highest BCUT2D eigenvalue weighted by Crippen LogP contribution is 2.33. The van der Waals surface area contributed by atoms with Gasteiger partial charge in [0.1, 0.15) is 11.8 Å². The van der Waals surface area contributed by atoms with Crippen LogP contribution in [0.5, 0.6) is 5.75 Å². The number of benzene rings is 2. The molecular formula is C18H20ClN3O2. The van der Waals surface area contributed by atoms with E-state index in [1.165, 1.54) is 0 Å². The zero-order chi connectivity index (χ0) is 17.3. The van der Waals surface area contributed by atoms with Gasteiger partial charge in [-0.15, -0.1) is 0 Å². The third kappa shape index (κ3) is 3.38. The molecule has 1 amide bonds. The average Bonchev–Trinajstić information content (AvgIpc) is 2.98. The molecule has 1 heterocycles. The molecule has 0 saturated carbocycles. The summed E-state index contributed by atoms with van der Waals surface area (Å²) in [6.45, 7) is 3.90. The molecule has 2 unspecified atom stereocenters. The Balaban J connectivity index is 1.72. The van der Waals surface area contributed by atoms with Crippen molar-refractivity contribution in [2.24, 2.45) is 0 Å². The Labute approximate surface area is 146 Å². The lowest BCUT2D eigenvalue weighted by molar-refractivity contribution is -0.117. The van der Waals surface area contributed by atoms with Gasteiger partial charge in [0, 0.05) is 5.56 Å². The number of carbonyl (C=O) groups is 1. The molecule has 3 rings (SSSR count). The molecule has 1 saturated heterocycles. The summed E-state index contributed by atoms with van der Waals surface area (Å²) >= 11 is 6.07. The zero-order valence-electron chi connectivity index (χ0n) is 13.6. The molecule has 1 aliphatic heterocycles. The topological polar surface area (TPSA) is 73.4 Å². The van der Waals surface area contributed by atoms with E-state index in [2.05, 4.69) is 16.2 Å². The Morgan fingerprint density at radius 2 is 2.00 bits per heavy atom. The predicted octanol–water partition coefficient (Wildman–Crippen LogP) is 3.21. The van der Waals surface area contributed by atoms with Crippen LogP contribution >= 0.6 is 11.6 Å². The normalized spacial score (nSPS) is 20.1. The molecule has 0 aromatic heterocycles. The maximum Gasteiger partial charge on any atom is 0.242 e. The van der Waals surface area contributed by atoms with Crippen molar-refractivity contribution in [2.45, 2.75) is 32.4 Å². The molecule has 4 N–H and O–H groups in total. The highest BCUT2D eigenvalue weighted by atomic mass is 35.5. The second-order valence-corrected chi connectivity index (χ2v) is 6.52. The van der Waals surface area contributed by atoms with Gasteiger partial charge in [0.25, 0.3) is 0 Å². The van der Waals surface area contributed by atoms with E-state index >= 15 is 0 Å². The average molecular weight is 346 g/mol. The van der Waals surface area contributed by atoms with Crippen molar-refractivity contribution in [3.8, 4) is 5.75 Å². The molecular weight excluding hydrogens is 326 g/mol. The number of aromatic hydroxyl groups is 1. The summed E-state index contributed by atoms with van der Waals surface area (Å²) in [6.07, 6.45) is 0.535. The lowest BCUT2D eigenvalue weighted by Crippen LogP contribution is -2.39. The maximum atomic E-state index is 12.4. The Morgan fingerprint density at radius 3 is 2.71 bits per heavy atom. The van der Waals surface area contributed by atoms with Crippen molar-refractivity contribution < 1.29 is 9.90 Å². The van der Waals surface area contributed by atoms with Gasteiger partial charge < -0.3 is 10.4 Å². The minimum absolute atomic E-state index is 0.132. The summed E-state index contributed by atoms with van der Waals surface area (Å²) in [4.78, 5) is 12.4. The first kappa shape index (κ1) is 16.8. The minimum atomic E-state index is -0.411. The monoisotopic (exact) mass is 345 g/mol. The summed E-state index contributed by atoms with van der Waals surface area (Å²) in [5.41, 5.74) is 9.51. The number of rotatable bonds is 3. The fourth-order valence-electron chi connectivity index (χ4n) is 3.11. The number of amides is 1. The number of hydrogen-bond acceptors (Lipinski definition) is 4. The highest BCUT2D eigenvalue weighted by Gasteiger charge is 2.32. The lowest BCUT2D eigenvalue weighted by Gasteiger charge is -2.16. The van der Waals surface area contributed by atoms with Crippen LogP contribution in [0, 0.1) is 13.8 Å². The number of phenolic OH excluding ortho intramolecular Hbond substituents is 1. The largest absolute Gasteiger partial charge is 0.508 e. The zero-order valence-corrected chi connectivity index (χ0v) is 14.3. The van der Waals surface area contributed by atoms with Crippen molar-refractivity contribution in [1.82, 2.24) is 10.9 Å². The van der Waals surface area contributed by atoms with Gasteiger partial charge in [0.15, 0.2) is 0 Å². The molecule has 0 bridgehead atoms. The first-order valence-electron chi connectivity index (χ1n) is 7.82. The molecule has 0 radical (unpaired) electrons. The van der Waals surface area contributed by atoms with Gasteiger partial charge >= 0.3 is 0 Å². The highest BCUT2D eigenvalue weighted by molar-refractivity contribution is 6.33. The molecule has 126 valence electrons. The maximum absolute atomic E-state index is 12.4. The number of hydrogen-bond donors (Lipinski definition) is 4. The van der Waals surface area contributed by atoms with Gasteiger partial charge in [-0.05, 0) is 49.6 Å². The Bertz CT molecular complexity index is 756. The molecule has 1 fully saturated rings. The van der Waals surface area contributed by atoms with Gasteiger partial charge in [-0.1, -0.05) is 29.8 Å². The van der Waals surface area contributed by atoms with Crippen molar-refractivity contribution in [2.75, 3.05) is 5.32 Å². The molecule has 0 spiro atoms. The summed E-state index contributed by atoms with van der Waals surface area (Å²) in [5, 5.41) is 13.6. The van der Waals surface area contributed by atoms with Crippen molar-refractivity contribution in [3.05, 3.63) is 58.1 Å². The van der Waals surface area contributed by atoms with Crippen molar-refractivity contribution >= 4 is 23.2 Å². The molecule has 6 heteroatoms. The number of anilines is 1. The standard InChI is InChI=1S/C18H20ClN3O2/c1-10-7-11(2)17(16(23)8-10)14-9-15(22-21-14)18(24)20-13-6-4-3-5-12(13)19/h3-8,14-15,21-23H,9H2,1-2H3,(H,20,24). The number of halogens is 1. The molecule has 1 aliphatic rings. The smallest absolute Gasteiger partial charge is 0.242 e. The van der Waals surface area contributed by atoms with E-state index in [0.717, 1.165) is 16.7 Å². The van der Waals surface area contributed by atoms with E-state index in [-0.39, 0.29) is 17.7 Å². The summed E-state index contributed by atoms with van der Waals surface area (Å²) in [5.74, 6) is 0.0846. The molecule has 2 atom stereocenters. The van der Waals surface area contributed by atoms with Crippen LogP contribution in [0.2, 0.25) is 5.02 Å². The summed E-state index contributed by atoms with van der Waals surface area (Å²) in [7, 11) is 0. The van der Waals surface area contributed by atoms with Crippen LogP contribution in [-0.2, 0) is 4.79 Å². The third-order valence-corrected chi connectivity index (χ3v) is 4.54. The first-order valence-corrected chi connectivity index (χ1v) is 8.20. The van der Waals surface area contributed by atoms with E-state index in [1.54, 1.807) is 18.2 Å². The van der Waals surface area contributed by atoms with E-state index in [1.807, 2.05) is 32.0 Å². The van der Waals surface area contributed by atoms with E-state index < -0.39 is 6.04 Å². The van der Waals surface area contributed by atoms with E-state index in [4.69, 9.17) is 11.6 Å². The number of hydrazine groups is 1. The van der Waals surface area contributed by atoms with Crippen LogP contribution < -0.4 is 16.2 Å². The number of nitrogens with one attached hydrogen (secondary N) is 3. The van der Waals surface area contributed by atoms with Crippen LogP contribution in [-0.4, -0.2) is 17.1 Å². The third-order valence-electron chi connectivity index (χ3n) is 4.21. The number of carbonyl (C=O) groups excluding carboxylic acids is 1. The van der Waals surface area contributed by atoms with Gasteiger partial charge in [0.05, 0.1) is 16.8 Å². The predicted molar refractivity (Wildman–Crippen MR) is 95.1 cm³/mol. The van der Waals surface area contributed by atoms with Crippen LogP contribution in [0.3, 0.4) is 0 Å². The lowest BCUT2D eigenvalue weighted by atomic mass is 9.95. The van der Waals surface area contributed by atoms with E-state index in [0.29, 0.717) is 17.1 Å². The SMILES string of the molecule is Cc1cc(C)c(C2CC(C(=O)Nc3ccccc3Cl)NN2)c(O)c1. The molecule has 0 aliphatic carbocycles. The van der Waals surface area contributed by atoms with Crippen LogP contribution in [0.4, 0.5) is 5.69 Å². The molecule has 24 heavy (non-hydrogen) atoms. The Hall–Kier alpha value is -2.08. The van der Waals surface area contributed by atoms with E-state index in [9.17, 15) is 9.90 Å². The fourth-order valence-corrected chi connectivity index (χ4v) is 3.29. The molecule has 2 aromatic rings. The van der Waals surface area contributed by atoms with Crippen molar-refractivity contribution in [3.63, 3.8) is 0 Å². The second-order valence-electron chi connectivity index (χ2n) is 6.11. The summed E-state index contributed by atoms with van der Waals surface area (Å²) < 4.78 is 0. The first-order chi connectivity index (χ1) is 11.5. The minimum Gasteiger partial charge on any atom is -0.508 e. The Morgan fingerprint density at radius 1 is 1.25 bits per heavy atom. The Kier molecular flexibility index (Phi) is 4.76. The van der Waals surface area contributed by atoms with Crippen LogP contribution in [0.1, 0.15) is 29.2 Å². The number of aryl methyl sites for hydroxylation is 2. The van der Waals surface area contributed by atoms with Gasteiger partial charge in [-0.25, -0.2) is 10.9 Å². The van der Waals surface area contributed by atoms with Crippen LogP contribution in [0.15, 0.2) is 36.4 Å². The molecule has 5 nitrogen and oxygen atoms in total. The fraction of sp³-hybridized carbons (Fsp3) is 0.278. The number of phenols is 1. The quantitative estimate of drug-likeness (QED) is 0.689. The summed E-state index contributed by atoms with van der Waals surface area (Å²) in [6, 6.07) is 10.3. The second kappa shape index (κ2) is 6.81. The van der Waals surface area contributed by atoms with Gasteiger partial charge in [-0.3, -0.25) is 4.79 Å². The van der Waals surface area contributed by atoms with Crippen molar-refractivity contribution in [1.29, 1.82) is 0 Å². The van der Waals surface area contributed by atoms with Crippen LogP contribution in [0.25, 0.3) is 0 Å². The molecule has 2 aromatic carbocycles.